The zero-order valence-electron chi connectivity index (χ0n) is 12.1. The molecule has 1 aromatic heterocycles. The number of nitrogens with one attached hydrogen (secondary N) is 1. The molecule has 0 amide bonds. The Labute approximate surface area is 123 Å². The summed E-state index contributed by atoms with van der Waals surface area (Å²) in [6.07, 6.45) is 2.25. The predicted molar refractivity (Wildman–Crippen MR) is 83.3 cm³/mol. The van der Waals surface area contributed by atoms with E-state index in [-0.39, 0.29) is 11.6 Å². The third kappa shape index (κ3) is 3.02. The SMILES string of the molecule is CCCCN[C@@H](C)c1nc2cc(Cl)ccc2c(=O)n1C. The molecule has 0 aliphatic heterocycles. The number of aromatic nitrogens is 2. The molecule has 2 rings (SSSR count). The highest BCUT2D eigenvalue weighted by molar-refractivity contribution is 6.31. The highest BCUT2D eigenvalue weighted by Gasteiger charge is 2.13. The van der Waals surface area contributed by atoms with Gasteiger partial charge in [-0.15, -0.1) is 0 Å². The first-order valence-electron chi connectivity index (χ1n) is 6.94. The molecule has 0 radical (unpaired) electrons. The highest BCUT2D eigenvalue weighted by atomic mass is 35.5. The van der Waals surface area contributed by atoms with Gasteiger partial charge in [-0.3, -0.25) is 9.36 Å². The lowest BCUT2D eigenvalue weighted by Crippen LogP contribution is -2.29. The maximum absolute atomic E-state index is 12.3. The van der Waals surface area contributed by atoms with Crippen molar-refractivity contribution in [2.75, 3.05) is 6.54 Å². The Morgan fingerprint density at radius 2 is 2.20 bits per heavy atom. The molecule has 0 saturated carbocycles. The van der Waals surface area contributed by atoms with E-state index in [9.17, 15) is 4.79 Å². The Morgan fingerprint density at radius 3 is 2.90 bits per heavy atom. The number of unbranched alkanes of at least 4 members (excludes halogenated alkanes) is 1. The van der Waals surface area contributed by atoms with Crippen molar-refractivity contribution < 1.29 is 0 Å². The molecule has 1 N–H and O–H groups in total. The topological polar surface area (TPSA) is 46.9 Å². The second-order valence-electron chi connectivity index (χ2n) is 5.03. The number of nitrogens with zero attached hydrogens (tertiary/aromatic N) is 2. The zero-order chi connectivity index (χ0) is 14.7. The summed E-state index contributed by atoms with van der Waals surface area (Å²) in [7, 11) is 1.76. The summed E-state index contributed by atoms with van der Waals surface area (Å²) in [5, 5.41) is 4.58. The van der Waals surface area contributed by atoms with Crippen molar-refractivity contribution in [1.29, 1.82) is 0 Å². The first-order chi connectivity index (χ1) is 9.54. The van der Waals surface area contributed by atoms with Crippen molar-refractivity contribution in [3.05, 3.63) is 39.4 Å². The van der Waals surface area contributed by atoms with Crippen LogP contribution in [0.25, 0.3) is 10.9 Å². The average molecular weight is 294 g/mol. The average Bonchev–Trinajstić information content (AvgIpc) is 2.42. The van der Waals surface area contributed by atoms with Crippen molar-refractivity contribution in [1.82, 2.24) is 14.9 Å². The molecule has 1 atom stereocenters. The van der Waals surface area contributed by atoms with Gasteiger partial charge in [0.2, 0.25) is 0 Å². The van der Waals surface area contributed by atoms with E-state index in [1.165, 1.54) is 0 Å². The van der Waals surface area contributed by atoms with Gasteiger partial charge in [0.1, 0.15) is 5.82 Å². The first-order valence-corrected chi connectivity index (χ1v) is 7.32. The quantitative estimate of drug-likeness (QED) is 0.862. The molecule has 20 heavy (non-hydrogen) atoms. The van der Waals surface area contributed by atoms with E-state index in [2.05, 4.69) is 17.2 Å². The normalized spacial score (nSPS) is 12.8. The predicted octanol–water partition coefficient (Wildman–Crippen LogP) is 3.04. The monoisotopic (exact) mass is 293 g/mol. The van der Waals surface area contributed by atoms with Crippen molar-refractivity contribution in [2.45, 2.75) is 32.7 Å². The van der Waals surface area contributed by atoms with Crippen molar-refractivity contribution in [3.63, 3.8) is 0 Å². The van der Waals surface area contributed by atoms with Crippen molar-refractivity contribution in [3.8, 4) is 0 Å². The third-order valence-electron chi connectivity index (χ3n) is 3.44. The molecule has 5 heteroatoms. The molecule has 4 nitrogen and oxygen atoms in total. The smallest absolute Gasteiger partial charge is 0.261 e. The van der Waals surface area contributed by atoms with Gasteiger partial charge in [0.15, 0.2) is 0 Å². The number of fused-ring (bicyclic) bond motifs is 1. The van der Waals surface area contributed by atoms with Crippen molar-refractivity contribution >= 4 is 22.5 Å². The maximum atomic E-state index is 12.3. The number of hydrogen-bond acceptors (Lipinski definition) is 3. The summed E-state index contributed by atoms with van der Waals surface area (Å²) in [6, 6.07) is 5.21. The van der Waals surface area contributed by atoms with E-state index in [0.29, 0.717) is 15.9 Å². The van der Waals surface area contributed by atoms with Crippen LogP contribution >= 0.6 is 11.6 Å². The van der Waals surface area contributed by atoms with Gasteiger partial charge in [0.25, 0.3) is 5.56 Å². The highest BCUT2D eigenvalue weighted by Crippen LogP contribution is 2.17. The van der Waals surface area contributed by atoms with Gasteiger partial charge in [-0.25, -0.2) is 4.98 Å². The molecule has 1 heterocycles. The Bertz CT molecular complexity index is 666. The van der Waals surface area contributed by atoms with Crippen LogP contribution in [0.15, 0.2) is 23.0 Å². The Morgan fingerprint density at radius 1 is 1.45 bits per heavy atom. The van der Waals surface area contributed by atoms with Crippen LogP contribution in [-0.2, 0) is 7.05 Å². The number of benzene rings is 1. The minimum Gasteiger partial charge on any atom is -0.308 e. The van der Waals surface area contributed by atoms with Gasteiger partial charge >= 0.3 is 0 Å². The van der Waals surface area contributed by atoms with Gasteiger partial charge in [-0.1, -0.05) is 24.9 Å². The van der Waals surface area contributed by atoms with Gasteiger partial charge in [-0.2, -0.15) is 0 Å². The fourth-order valence-corrected chi connectivity index (χ4v) is 2.40. The van der Waals surface area contributed by atoms with Crippen LogP contribution in [0.1, 0.15) is 38.6 Å². The molecule has 0 unspecified atom stereocenters. The van der Waals surface area contributed by atoms with Crippen LogP contribution in [0.5, 0.6) is 0 Å². The van der Waals surface area contributed by atoms with Crippen LogP contribution in [0.2, 0.25) is 5.02 Å². The van der Waals surface area contributed by atoms with Crippen LogP contribution in [-0.4, -0.2) is 16.1 Å². The molecule has 0 aliphatic carbocycles. The number of halogens is 1. The maximum Gasteiger partial charge on any atom is 0.261 e. The van der Waals surface area contributed by atoms with E-state index in [1.807, 2.05) is 6.92 Å². The molecular weight excluding hydrogens is 274 g/mol. The lowest BCUT2D eigenvalue weighted by atomic mass is 10.2. The van der Waals surface area contributed by atoms with Gasteiger partial charge in [0, 0.05) is 12.1 Å². The van der Waals surface area contributed by atoms with E-state index in [4.69, 9.17) is 11.6 Å². The molecule has 0 spiro atoms. The van der Waals surface area contributed by atoms with E-state index in [1.54, 1.807) is 29.8 Å². The standard InChI is InChI=1S/C15H20ClN3O/c1-4-5-8-17-10(2)14-18-13-9-11(16)6-7-12(13)15(20)19(14)3/h6-7,9-10,17H,4-5,8H2,1-3H3/t10-/m0/s1. The summed E-state index contributed by atoms with van der Waals surface area (Å²) in [5.41, 5.74) is 0.616. The largest absolute Gasteiger partial charge is 0.308 e. The fourth-order valence-electron chi connectivity index (χ4n) is 2.24. The summed E-state index contributed by atoms with van der Waals surface area (Å²) >= 11 is 5.98. The van der Waals surface area contributed by atoms with Crippen molar-refractivity contribution in [2.24, 2.45) is 7.05 Å². The van der Waals surface area contributed by atoms with Gasteiger partial charge in [-0.05, 0) is 38.1 Å². The molecule has 0 bridgehead atoms. The Balaban J connectivity index is 2.43. The lowest BCUT2D eigenvalue weighted by molar-refractivity contribution is 0.510. The number of hydrogen-bond donors (Lipinski definition) is 1. The van der Waals surface area contributed by atoms with Crippen LogP contribution < -0.4 is 10.9 Å². The Hall–Kier alpha value is -1.39. The van der Waals surface area contributed by atoms with E-state index in [0.717, 1.165) is 25.2 Å². The molecule has 108 valence electrons. The minimum absolute atomic E-state index is 0.0302. The first kappa shape index (κ1) is 15.0. The van der Waals surface area contributed by atoms with Crippen LogP contribution in [0.4, 0.5) is 0 Å². The summed E-state index contributed by atoms with van der Waals surface area (Å²) < 4.78 is 1.61. The molecule has 0 fully saturated rings. The summed E-state index contributed by atoms with van der Waals surface area (Å²) in [5.74, 6) is 0.737. The Kier molecular flexibility index (Phi) is 4.78. The zero-order valence-corrected chi connectivity index (χ0v) is 12.9. The second-order valence-corrected chi connectivity index (χ2v) is 5.46. The van der Waals surface area contributed by atoms with Gasteiger partial charge in [0.05, 0.1) is 16.9 Å². The molecule has 0 aliphatic rings. The van der Waals surface area contributed by atoms with Crippen LogP contribution in [0, 0.1) is 0 Å². The van der Waals surface area contributed by atoms with Crippen LogP contribution in [0.3, 0.4) is 0 Å². The van der Waals surface area contributed by atoms with E-state index < -0.39 is 0 Å². The lowest BCUT2D eigenvalue weighted by Gasteiger charge is -2.17. The summed E-state index contributed by atoms with van der Waals surface area (Å²) in [4.78, 5) is 16.9. The van der Waals surface area contributed by atoms with Gasteiger partial charge < -0.3 is 5.32 Å². The second kappa shape index (κ2) is 6.37. The molecule has 0 saturated heterocycles. The third-order valence-corrected chi connectivity index (χ3v) is 3.68. The number of rotatable bonds is 5. The summed E-state index contributed by atoms with van der Waals surface area (Å²) in [6.45, 7) is 5.09. The fraction of sp³-hybridized carbons (Fsp3) is 0.467. The molecule has 1 aromatic carbocycles. The minimum atomic E-state index is -0.0363. The molecular formula is C15H20ClN3O. The van der Waals surface area contributed by atoms with E-state index >= 15 is 0 Å². The molecule has 2 aromatic rings.